The van der Waals surface area contributed by atoms with Crippen molar-refractivity contribution >= 4 is 28.9 Å². The Labute approximate surface area is 175 Å². The summed E-state index contributed by atoms with van der Waals surface area (Å²) in [4.78, 5) is 34.1. The summed E-state index contributed by atoms with van der Waals surface area (Å²) < 4.78 is 0. The number of rotatable bonds is 5. The molecule has 3 heterocycles. The van der Waals surface area contributed by atoms with Gasteiger partial charge in [-0.1, -0.05) is 18.7 Å². The Bertz CT molecular complexity index is 1060. The number of urea groups is 1. The number of benzene rings is 1. The van der Waals surface area contributed by atoms with Crippen LogP contribution in [-0.2, 0) is 6.54 Å². The van der Waals surface area contributed by atoms with Gasteiger partial charge in [-0.05, 0) is 48.7 Å². The smallest absolute Gasteiger partial charge is 0.315 e. The number of aromatic nitrogens is 2. The number of carbonyl (C=O) groups excluding carboxylic acids is 2. The second kappa shape index (κ2) is 8.82. The summed E-state index contributed by atoms with van der Waals surface area (Å²) in [6.07, 6.45) is 6.73. The molecule has 7 heteroatoms. The molecule has 1 aliphatic heterocycles. The number of carbonyl (C=O) groups is 2. The summed E-state index contributed by atoms with van der Waals surface area (Å²) in [5, 5.41) is 6.97. The molecular formula is C23H25N5O2. The Kier molecular flexibility index (Phi) is 5.79. The summed E-state index contributed by atoms with van der Waals surface area (Å²) in [7, 11) is 0. The number of pyridine rings is 1. The van der Waals surface area contributed by atoms with E-state index in [4.69, 9.17) is 0 Å². The Hall–Kier alpha value is -3.61. The van der Waals surface area contributed by atoms with Crippen molar-refractivity contribution in [3.8, 4) is 0 Å². The molecule has 0 unspecified atom stereocenters. The van der Waals surface area contributed by atoms with Crippen LogP contribution in [0, 0.1) is 0 Å². The van der Waals surface area contributed by atoms with Gasteiger partial charge >= 0.3 is 6.03 Å². The number of H-pyrrole nitrogens is 1. The van der Waals surface area contributed by atoms with Gasteiger partial charge in [-0.15, -0.1) is 0 Å². The summed E-state index contributed by atoms with van der Waals surface area (Å²) in [6, 6.07) is 11.3. The van der Waals surface area contributed by atoms with E-state index in [0.717, 1.165) is 35.0 Å². The molecule has 30 heavy (non-hydrogen) atoms. The molecule has 0 radical (unpaired) electrons. The van der Waals surface area contributed by atoms with Crippen LogP contribution in [0.5, 0.6) is 0 Å². The zero-order chi connectivity index (χ0) is 20.9. The van der Waals surface area contributed by atoms with Gasteiger partial charge in [0.15, 0.2) is 0 Å². The molecule has 0 spiro atoms. The standard InChI is InChI=1S/C23H25N5O2/c1-2-16-7-8-21-18(11-16)12-20(26-21)14-25-23(30)27-19-6-4-10-28(15-19)22(29)17-5-3-9-24-13-17/h2-3,5,7-9,11-13,19,26H,1,4,6,10,14-15H2,(H2,25,27,30)/t19-/m1/s1. The fraction of sp³-hybridized carbons (Fsp3) is 0.261. The highest BCUT2D eigenvalue weighted by Gasteiger charge is 2.25. The normalized spacial score (nSPS) is 16.3. The predicted molar refractivity (Wildman–Crippen MR) is 117 cm³/mol. The van der Waals surface area contributed by atoms with E-state index >= 15 is 0 Å². The van der Waals surface area contributed by atoms with Crippen molar-refractivity contribution in [1.29, 1.82) is 0 Å². The van der Waals surface area contributed by atoms with Crippen LogP contribution in [0.15, 0.2) is 55.4 Å². The van der Waals surface area contributed by atoms with Gasteiger partial charge in [0, 0.05) is 48.1 Å². The first-order valence-corrected chi connectivity index (χ1v) is 10.1. The first kappa shape index (κ1) is 19.7. The number of amides is 3. The number of piperidine rings is 1. The number of fused-ring (bicyclic) bond motifs is 1. The molecule has 2 aromatic heterocycles. The van der Waals surface area contributed by atoms with E-state index in [2.05, 4.69) is 33.2 Å². The van der Waals surface area contributed by atoms with Crippen LogP contribution in [0.4, 0.5) is 4.79 Å². The van der Waals surface area contributed by atoms with E-state index in [1.54, 1.807) is 29.4 Å². The Morgan fingerprint density at radius 3 is 3.00 bits per heavy atom. The van der Waals surface area contributed by atoms with E-state index in [1.807, 2.05) is 24.3 Å². The number of likely N-dealkylation sites (tertiary alicyclic amines) is 1. The summed E-state index contributed by atoms with van der Waals surface area (Å²) in [5.41, 5.74) is 3.58. The van der Waals surface area contributed by atoms with E-state index < -0.39 is 0 Å². The molecule has 4 rings (SSSR count). The molecule has 0 saturated carbocycles. The average molecular weight is 403 g/mol. The topological polar surface area (TPSA) is 90.1 Å². The molecule has 1 saturated heterocycles. The molecule has 1 aliphatic rings. The summed E-state index contributed by atoms with van der Waals surface area (Å²) in [5.74, 6) is -0.0491. The minimum atomic E-state index is -0.235. The van der Waals surface area contributed by atoms with Gasteiger partial charge in [0.25, 0.3) is 5.91 Å². The van der Waals surface area contributed by atoms with E-state index in [0.29, 0.717) is 25.2 Å². The van der Waals surface area contributed by atoms with Crippen molar-refractivity contribution in [3.63, 3.8) is 0 Å². The lowest BCUT2D eigenvalue weighted by Crippen LogP contribution is -2.51. The molecule has 154 valence electrons. The van der Waals surface area contributed by atoms with Crippen molar-refractivity contribution in [2.45, 2.75) is 25.4 Å². The Morgan fingerprint density at radius 2 is 2.20 bits per heavy atom. The maximum atomic E-state index is 12.6. The van der Waals surface area contributed by atoms with Crippen LogP contribution in [-0.4, -0.2) is 45.9 Å². The molecule has 1 atom stereocenters. The van der Waals surface area contributed by atoms with Crippen LogP contribution in [0.2, 0.25) is 0 Å². The van der Waals surface area contributed by atoms with Crippen LogP contribution in [0.1, 0.15) is 34.5 Å². The predicted octanol–water partition coefficient (Wildman–Crippen LogP) is 3.31. The number of aromatic amines is 1. The van der Waals surface area contributed by atoms with Crippen LogP contribution in [0.25, 0.3) is 17.0 Å². The summed E-state index contributed by atoms with van der Waals surface area (Å²) in [6.45, 7) is 5.38. The molecule has 3 N–H and O–H groups in total. The number of nitrogens with one attached hydrogen (secondary N) is 3. The fourth-order valence-electron chi connectivity index (χ4n) is 3.80. The van der Waals surface area contributed by atoms with Gasteiger partial charge in [-0.2, -0.15) is 0 Å². The number of nitrogens with zero attached hydrogens (tertiary/aromatic N) is 2. The molecule has 1 fully saturated rings. The average Bonchev–Trinajstić information content (AvgIpc) is 3.20. The molecule has 3 amide bonds. The van der Waals surface area contributed by atoms with E-state index in [1.165, 1.54) is 0 Å². The summed E-state index contributed by atoms with van der Waals surface area (Å²) >= 11 is 0. The third-order valence-corrected chi connectivity index (χ3v) is 5.33. The van der Waals surface area contributed by atoms with Gasteiger partial charge in [-0.3, -0.25) is 9.78 Å². The largest absolute Gasteiger partial charge is 0.357 e. The molecule has 0 bridgehead atoms. The number of hydrogen-bond donors (Lipinski definition) is 3. The van der Waals surface area contributed by atoms with Gasteiger partial charge < -0.3 is 20.5 Å². The van der Waals surface area contributed by atoms with E-state index in [9.17, 15) is 9.59 Å². The van der Waals surface area contributed by atoms with Crippen molar-refractivity contribution in [2.75, 3.05) is 13.1 Å². The fourth-order valence-corrected chi connectivity index (χ4v) is 3.80. The van der Waals surface area contributed by atoms with Crippen LogP contribution >= 0.6 is 0 Å². The highest BCUT2D eigenvalue weighted by Crippen LogP contribution is 2.18. The number of hydrogen-bond acceptors (Lipinski definition) is 3. The van der Waals surface area contributed by atoms with Crippen LogP contribution in [0.3, 0.4) is 0 Å². The van der Waals surface area contributed by atoms with Gasteiger partial charge in [0.2, 0.25) is 0 Å². The van der Waals surface area contributed by atoms with Gasteiger partial charge in [-0.25, -0.2) is 4.79 Å². The quantitative estimate of drug-likeness (QED) is 0.610. The monoisotopic (exact) mass is 403 g/mol. The van der Waals surface area contributed by atoms with Crippen molar-refractivity contribution < 1.29 is 9.59 Å². The highest BCUT2D eigenvalue weighted by molar-refractivity contribution is 5.94. The maximum Gasteiger partial charge on any atom is 0.315 e. The van der Waals surface area contributed by atoms with Crippen molar-refractivity contribution in [3.05, 3.63) is 72.2 Å². The first-order chi connectivity index (χ1) is 14.6. The second-order valence-electron chi connectivity index (χ2n) is 7.50. The first-order valence-electron chi connectivity index (χ1n) is 10.1. The lowest BCUT2D eigenvalue weighted by molar-refractivity contribution is 0.0697. The second-order valence-corrected chi connectivity index (χ2v) is 7.50. The molecule has 7 nitrogen and oxygen atoms in total. The van der Waals surface area contributed by atoms with Crippen molar-refractivity contribution in [1.82, 2.24) is 25.5 Å². The molecule has 3 aromatic rings. The molecular weight excluding hydrogens is 378 g/mol. The van der Waals surface area contributed by atoms with Gasteiger partial charge in [0.1, 0.15) is 0 Å². The molecule has 0 aliphatic carbocycles. The maximum absolute atomic E-state index is 12.6. The lowest BCUT2D eigenvalue weighted by atomic mass is 10.0. The van der Waals surface area contributed by atoms with Crippen molar-refractivity contribution in [2.24, 2.45) is 0 Å². The Balaban J connectivity index is 1.30. The zero-order valence-corrected chi connectivity index (χ0v) is 16.7. The van der Waals surface area contributed by atoms with E-state index in [-0.39, 0.29) is 18.0 Å². The minimum Gasteiger partial charge on any atom is -0.357 e. The van der Waals surface area contributed by atoms with Gasteiger partial charge in [0.05, 0.1) is 12.1 Å². The van der Waals surface area contributed by atoms with Crippen LogP contribution < -0.4 is 10.6 Å². The lowest BCUT2D eigenvalue weighted by Gasteiger charge is -2.33. The highest BCUT2D eigenvalue weighted by atomic mass is 16.2. The third-order valence-electron chi connectivity index (χ3n) is 5.33. The third kappa shape index (κ3) is 4.51. The SMILES string of the molecule is C=Cc1ccc2[nH]c(CNC(=O)N[C@@H]3CCCN(C(=O)c4cccnc4)C3)cc2c1. The Morgan fingerprint density at radius 1 is 1.30 bits per heavy atom. The zero-order valence-electron chi connectivity index (χ0n) is 16.7. The minimum absolute atomic E-state index is 0.0491. The molecule has 1 aromatic carbocycles.